The Bertz CT molecular complexity index is 525. The molecule has 1 aromatic heterocycles. The van der Waals surface area contributed by atoms with Gasteiger partial charge in [-0.1, -0.05) is 0 Å². The maximum Gasteiger partial charge on any atom is 0.433 e. The summed E-state index contributed by atoms with van der Waals surface area (Å²) in [6.45, 7) is 2.55. The van der Waals surface area contributed by atoms with E-state index in [1.807, 2.05) is 4.90 Å². The van der Waals surface area contributed by atoms with Crippen molar-refractivity contribution in [3.05, 3.63) is 17.0 Å². The summed E-state index contributed by atoms with van der Waals surface area (Å²) in [7, 11) is 1.81. The number of halogens is 3. The van der Waals surface area contributed by atoms with Crippen molar-refractivity contribution in [2.45, 2.75) is 31.6 Å². The van der Waals surface area contributed by atoms with Crippen LogP contribution in [0.4, 0.5) is 19.1 Å². The van der Waals surface area contributed by atoms with Gasteiger partial charge in [-0.05, 0) is 20.0 Å². The quantitative estimate of drug-likeness (QED) is 0.861. The molecule has 3 rings (SSSR count). The molecule has 1 fully saturated rings. The number of nitrogens with one attached hydrogen (secondary N) is 2. The summed E-state index contributed by atoms with van der Waals surface area (Å²) in [5.74, 6) is 0.0966. The van der Waals surface area contributed by atoms with Gasteiger partial charge in [-0.15, -0.1) is 0 Å². The van der Waals surface area contributed by atoms with Gasteiger partial charge in [0.15, 0.2) is 5.69 Å². The third kappa shape index (κ3) is 3.11. The predicted octanol–water partition coefficient (Wildman–Crippen LogP) is 1.26. The predicted molar refractivity (Wildman–Crippen MR) is 72.0 cm³/mol. The van der Waals surface area contributed by atoms with E-state index in [1.54, 1.807) is 7.05 Å². The van der Waals surface area contributed by atoms with Crippen LogP contribution in [-0.2, 0) is 19.1 Å². The van der Waals surface area contributed by atoms with Crippen molar-refractivity contribution >= 4 is 5.95 Å². The molecule has 5 nitrogen and oxygen atoms in total. The number of likely N-dealkylation sites (N-methyl/N-ethyl adjacent to an activating group) is 1. The number of aromatic nitrogens is 2. The minimum atomic E-state index is -4.45. The Kier molecular flexibility index (Phi) is 3.75. The Morgan fingerprint density at radius 1 is 1.33 bits per heavy atom. The summed E-state index contributed by atoms with van der Waals surface area (Å²) in [6.07, 6.45) is -3.06. The second kappa shape index (κ2) is 5.42. The van der Waals surface area contributed by atoms with Crippen LogP contribution in [0.5, 0.6) is 0 Å². The first-order valence-electron chi connectivity index (χ1n) is 7.06. The molecule has 1 saturated heterocycles. The Morgan fingerprint density at radius 2 is 2.14 bits per heavy atom. The number of anilines is 1. The Labute approximate surface area is 120 Å². The topological polar surface area (TPSA) is 53.1 Å². The van der Waals surface area contributed by atoms with E-state index in [4.69, 9.17) is 0 Å². The first-order valence-corrected chi connectivity index (χ1v) is 7.06. The molecule has 2 aliphatic heterocycles. The zero-order chi connectivity index (χ0) is 15.0. The lowest BCUT2D eigenvalue weighted by Gasteiger charge is -2.27. The third-order valence-corrected chi connectivity index (χ3v) is 3.91. The van der Waals surface area contributed by atoms with Crippen LogP contribution in [0.1, 0.15) is 23.4 Å². The van der Waals surface area contributed by atoms with Crippen molar-refractivity contribution in [1.82, 2.24) is 20.2 Å². The first kappa shape index (κ1) is 14.5. The third-order valence-electron chi connectivity index (χ3n) is 3.91. The molecule has 1 atom stereocenters. The van der Waals surface area contributed by atoms with Gasteiger partial charge in [-0.25, -0.2) is 9.97 Å². The highest BCUT2D eigenvalue weighted by molar-refractivity contribution is 5.38. The van der Waals surface area contributed by atoms with Gasteiger partial charge in [-0.2, -0.15) is 13.2 Å². The van der Waals surface area contributed by atoms with Crippen LogP contribution < -0.4 is 10.6 Å². The second-order valence-electron chi connectivity index (χ2n) is 5.64. The Hall–Kier alpha value is -1.41. The maximum absolute atomic E-state index is 13.2. The smallest absolute Gasteiger partial charge is 0.350 e. The van der Waals surface area contributed by atoms with Crippen molar-refractivity contribution in [2.24, 2.45) is 0 Å². The van der Waals surface area contributed by atoms with Crippen LogP contribution in [0.25, 0.3) is 0 Å². The van der Waals surface area contributed by atoms with E-state index in [0.717, 1.165) is 19.5 Å². The summed E-state index contributed by atoms with van der Waals surface area (Å²) in [5, 5.41) is 6.17. The van der Waals surface area contributed by atoms with Gasteiger partial charge in [0.1, 0.15) is 0 Å². The fourth-order valence-corrected chi connectivity index (χ4v) is 2.81. The van der Waals surface area contributed by atoms with Crippen LogP contribution in [0.15, 0.2) is 0 Å². The first-order chi connectivity index (χ1) is 9.93. The van der Waals surface area contributed by atoms with Crippen molar-refractivity contribution in [3.8, 4) is 0 Å². The molecule has 1 unspecified atom stereocenters. The van der Waals surface area contributed by atoms with Crippen LogP contribution in [0.3, 0.4) is 0 Å². The molecule has 0 aromatic carbocycles. The van der Waals surface area contributed by atoms with Gasteiger partial charge in [0.25, 0.3) is 0 Å². The van der Waals surface area contributed by atoms with E-state index in [0.29, 0.717) is 18.7 Å². The Balaban J connectivity index is 1.95. The molecule has 2 N–H and O–H groups in total. The van der Waals surface area contributed by atoms with Gasteiger partial charge < -0.3 is 15.5 Å². The number of nitrogens with zero attached hydrogens (tertiary/aromatic N) is 3. The normalized spacial score (nSPS) is 23.1. The van der Waals surface area contributed by atoms with Crippen molar-refractivity contribution < 1.29 is 13.2 Å². The van der Waals surface area contributed by atoms with Crippen LogP contribution in [0, 0.1) is 0 Å². The number of hydrogen-bond acceptors (Lipinski definition) is 5. The zero-order valence-corrected chi connectivity index (χ0v) is 11.8. The average Bonchev–Trinajstić information content (AvgIpc) is 2.90. The van der Waals surface area contributed by atoms with Crippen LogP contribution in [-0.4, -0.2) is 47.6 Å². The monoisotopic (exact) mass is 301 g/mol. The standard InChI is InChI=1S/C13H18F3N5/c1-21-5-3-10-9(7-21)11(13(14,15)16)20-12(19-10)18-8-2-4-17-6-8/h8,17H,2-7H2,1H3,(H,18,19,20). The van der Waals surface area contributed by atoms with Gasteiger partial charge in [0.05, 0.1) is 5.69 Å². The molecule has 21 heavy (non-hydrogen) atoms. The van der Waals surface area contributed by atoms with Crippen molar-refractivity contribution in [3.63, 3.8) is 0 Å². The highest BCUT2D eigenvalue weighted by Gasteiger charge is 2.38. The summed E-state index contributed by atoms with van der Waals surface area (Å²) in [4.78, 5) is 9.92. The summed E-state index contributed by atoms with van der Waals surface area (Å²) >= 11 is 0. The van der Waals surface area contributed by atoms with Crippen LogP contribution >= 0.6 is 0 Å². The molecular formula is C13H18F3N5. The molecular weight excluding hydrogens is 283 g/mol. The highest BCUT2D eigenvalue weighted by atomic mass is 19.4. The lowest BCUT2D eigenvalue weighted by atomic mass is 10.0. The fraction of sp³-hybridized carbons (Fsp3) is 0.692. The average molecular weight is 301 g/mol. The second-order valence-corrected chi connectivity index (χ2v) is 5.64. The van der Waals surface area contributed by atoms with Gasteiger partial charge in [0.2, 0.25) is 5.95 Å². The number of alkyl halides is 3. The maximum atomic E-state index is 13.2. The van der Waals surface area contributed by atoms with E-state index in [9.17, 15) is 13.2 Å². The molecule has 0 spiro atoms. The van der Waals surface area contributed by atoms with E-state index < -0.39 is 11.9 Å². The fourth-order valence-electron chi connectivity index (χ4n) is 2.81. The van der Waals surface area contributed by atoms with Gasteiger partial charge in [-0.3, -0.25) is 0 Å². The molecule has 0 radical (unpaired) electrons. The Morgan fingerprint density at radius 3 is 2.81 bits per heavy atom. The molecule has 1 aromatic rings. The SMILES string of the molecule is CN1CCc2nc(NC3CCNC3)nc(C(F)(F)F)c2C1. The summed E-state index contributed by atoms with van der Waals surface area (Å²) < 4.78 is 39.7. The molecule has 8 heteroatoms. The minimum absolute atomic E-state index is 0.0930. The summed E-state index contributed by atoms with van der Waals surface area (Å²) in [6, 6.07) is 0.0930. The molecule has 2 aliphatic rings. The molecule has 3 heterocycles. The number of rotatable bonds is 2. The molecule has 0 bridgehead atoms. The lowest BCUT2D eigenvalue weighted by Crippen LogP contribution is -2.32. The molecule has 0 aliphatic carbocycles. The van der Waals surface area contributed by atoms with Gasteiger partial charge in [0, 0.05) is 37.7 Å². The number of fused-ring (bicyclic) bond motifs is 1. The summed E-state index contributed by atoms with van der Waals surface area (Å²) in [5.41, 5.74) is -0.0669. The van der Waals surface area contributed by atoms with Gasteiger partial charge >= 0.3 is 6.18 Å². The van der Waals surface area contributed by atoms with E-state index >= 15 is 0 Å². The molecule has 0 amide bonds. The van der Waals surface area contributed by atoms with E-state index in [-0.39, 0.29) is 24.1 Å². The van der Waals surface area contributed by atoms with E-state index in [1.165, 1.54) is 0 Å². The largest absolute Gasteiger partial charge is 0.433 e. The van der Waals surface area contributed by atoms with Crippen molar-refractivity contribution in [1.29, 1.82) is 0 Å². The number of hydrogen-bond donors (Lipinski definition) is 2. The molecule has 116 valence electrons. The van der Waals surface area contributed by atoms with Crippen LogP contribution in [0.2, 0.25) is 0 Å². The zero-order valence-electron chi connectivity index (χ0n) is 11.8. The lowest BCUT2D eigenvalue weighted by molar-refractivity contribution is -0.142. The minimum Gasteiger partial charge on any atom is -0.350 e. The van der Waals surface area contributed by atoms with E-state index in [2.05, 4.69) is 20.6 Å². The highest BCUT2D eigenvalue weighted by Crippen LogP contribution is 2.34. The molecule has 0 saturated carbocycles. The van der Waals surface area contributed by atoms with Crippen molar-refractivity contribution in [2.75, 3.05) is 32.0 Å².